The number of anilines is 1. The van der Waals surface area contributed by atoms with Gasteiger partial charge >= 0.3 is 11.8 Å². The Morgan fingerprint density at radius 1 is 1.19 bits per heavy atom. The summed E-state index contributed by atoms with van der Waals surface area (Å²) in [5.41, 5.74) is 0.781. The molecule has 0 heterocycles. The van der Waals surface area contributed by atoms with Gasteiger partial charge in [-0.3, -0.25) is 9.59 Å². The summed E-state index contributed by atoms with van der Waals surface area (Å²) in [7, 11) is 0. The van der Waals surface area contributed by atoms with Gasteiger partial charge in [-0.25, -0.2) is 4.39 Å². The number of halogens is 1. The van der Waals surface area contributed by atoms with Crippen molar-refractivity contribution in [2.24, 2.45) is 5.92 Å². The number of amides is 2. The molecule has 0 aromatic heterocycles. The Morgan fingerprint density at radius 3 is 2.57 bits per heavy atom. The van der Waals surface area contributed by atoms with Crippen molar-refractivity contribution in [3.05, 3.63) is 29.6 Å². The summed E-state index contributed by atoms with van der Waals surface area (Å²) in [6, 6.07) is 4.40. The van der Waals surface area contributed by atoms with Crippen molar-refractivity contribution in [3.8, 4) is 0 Å². The first kappa shape index (κ1) is 15.5. The van der Waals surface area contributed by atoms with E-state index < -0.39 is 17.6 Å². The van der Waals surface area contributed by atoms with Gasteiger partial charge in [0, 0.05) is 11.7 Å². The van der Waals surface area contributed by atoms with Crippen molar-refractivity contribution in [3.63, 3.8) is 0 Å². The Balaban J connectivity index is 1.93. The molecule has 2 amide bonds. The van der Waals surface area contributed by atoms with Crippen LogP contribution in [0.15, 0.2) is 18.2 Å². The van der Waals surface area contributed by atoms with Crippen LogP contribution in [0.1, 0.15) is 38.2 Å². The van der Waals surface area contributed by atoms with E-state index in [0.717, 1.165) is 19.3 Å². The lowest BCUT2D eigenvalue weighted by atomic mass is 9.86. The molecular formula is C16H21FN2O2. The number of hydrogen-bond donors (Lipinski definition) is 2. The van der Waals surface area contributed by atoms with E-state index in [0.29, 0.717) is 11.5 Å². The molecule has 1 aromatic carbocycles. The van der Waals surface area contributed by atoms with Gasteiger partial charge in [0.15, 0.2) is 0 Å². The van der Waals surface area contributed by atoms with E-state index in [1.54, 1.807) is 19.1 Å². The lowest BCUT2D eigenvalue weighted by Crippen LogP contribution is -2.45. The monoisotopic (exact) mass is 292 g/mol. The molecule has 0 spiro atoms. The molecule has 1 fully saturated rings. The molecule has 0 aliphatic heterocycles. The standard InChI is InChI=1S/C16H21FN2O2/c1-10-7-8-12(9-13(10)17)18-15(20)16(21)19-14-6-4-3-5-11(14)2/h7-9,11,14H,3-6H2,1-2H3,(H,18,20)(H,19,21)/t11-,14-/m0/s1. The predicted molar refractivity (Wildman–Crippen MR) is 79.3 cm³/mol. The van der Waals surface area contributed by atoms with Crippen molar-refractivity contribution in [2.45, 2.75) is 45.6 Å². The maximum absolute atomic E-state index is 13.4. The molecule has 0 unspecified atom stereocenters. The summed E-state index contributed by atoms with van der Waals surface area (Å²) in [6.07, 6.45) is 4.21. The van der Waals surface area contributed by atoms with E-state index in [2.05, 4.69) is 17.6 Å². The van der Waals surface area contributed by atoms with Crippen LogP contribution in [0.3, 0.4) is 0 Å². The molecule has 0 radical (unpaired) electrons. The molecule has 1 aliphatic rings. The van der Waals surface area contributed by atoms with E-state index >= 15 is 0 Å². The zero-order valence-corrected chi connectivity index (χ0v) is 12.4. The Morgan fingerprint density at radius 2 is 1.90 bits per heavy atom. The number of carbonyl (C=O) groups excluding carboxylic acids is 2. The summed E-state index contributed by atoms with van der Waals surface area (Å²) in [4.78, 5) is 23.7. The average molecular weight is 292 g/mol. The van der Waals surface area contributed by atoms with E-state index in [1.807, 2.05) is 0 Å². The molecule has 5 heteroatoms. The molecule has 0 bridgehead atoms. The summed E-state index contributed by atoms with van der Waals surface area (Å²) in [5, 5.41) is 5.19. The zero-order valence-electron chi connectivity index (χ0n) is 12.4. The van der Waals surface area contributed by atoms with Crippen LogP contribution in [0.4, 0.5) is 10.1 Å². The molecule has 2 N–H and O–H groups in total. The quantitative estimate of drug-likeness (QED) is 0.823. The first-order chi connectivity index (χ1) is 9.97. The van der Waals surface area contributed by atoms with Gasteiger partial charge in [-0.1, -0.05) is 25.8 Å². The average Bonchev–Trinajstić information content (AvgIpc) is 2.45. The maximum Gasteiger partial charge on any atom is 0.313 e. The fraction of sp³-hybridized carbons (Fsp3) is 0.500. The van der Waals surface area contributed by atoms with Crippen LogP contribution in [-0.4, -0.2) is 17.9 Å². The third-order valence-corrected chi connectivity index (χ3v) is 4.06. The second kappa shape index (κ2) is 6.70. The molecule has 1 aliphatic carbocycles. The van der Waals surface area contributed by atoms with Crippen LogP contribution in [0.5, 0.6) is 0 Å². The predicted octanol–water partition coefficient (Wildman–Crippen LogP) is 2.77. The topological polar surface area (TPSA) is 58.2 Å². The number of benzene rings is 1. The minimum atomic E-state index is -0.754. The SMILES string of the molecule is Cc1ccc(NC(=O)C(=O)N[C@H]2CCCC[C@@H]2C)cc1F. The number of nitrogens with one attached hydrogen (secondary N) is 2. The fourth-order valence-corrected chi connectivity index (χ4v) is 2.62. The van der Waals surface area contributed by atoms with Gasteiger partial charge in [0.05, 0.1) is 0 Å². The Kier molecular flexibility index (Phi) is 4.94. The summed E-state index contributed by atoms with van der Waals surface area (Å²) in [6.45, 7) is 3.72. The first-order valence-electron chi connectivity index (χ1n) is 7.35. The Bertz CT molecular complexity index is 545. The highest BCUT2D eigenvalue weighted by Gasteiger charge is 2.25. The van der Waals surface area contributed by atoms with E-state index in [9.17, 15) is 14.0 Å². The Hall–Kier alpha value is -1.91. The molecule has 0 saturated heterocycles. The van der Waals surface area contributed by atoms with E-state index in [1.165, 1.54) is 12.5 Å². The van der Waals surface area contributed by atoms with Crippen molar-refractivity contribution >= 4 is 17.5 Å². The molecule has 1 saturated carbocycles. The van der Waals surface area contributed by atoms with Gasteiger partial charge in [0.1, 0.15) is 5.82 Å². The second-order valence-electron chi connectivity index (χ2n) is 5.76. The fourth-order valence-electron chi connectivity index (χ4n) is 2.62. The molecule has 114 valence electrons. The van der Waals surface area contributed by atoms with Crippen LogP contribution in [-0.2, 0) is 9.59 Å². The van der Waals surface area contributed by atoms with Crippen LogP contribution in [0.2, 0.25) is 0 Å². The summed E-state index contributed by atoms with van der Waals surface area (Å²) in [5.74, 6) is -1.44. The molecule has 2 atom stereocenters. The number of carbonyl (C=O) groups is 2. The number of hydrogen-bond acceptors (Lipinski definition) is 2. The highest BCUT2D eigenvalue weighted by Crippen LogP contribution is 2.23. The molecular weight excluding hydrogens is 271 g/mol. The van der Waals surface area contributed by atoms with Crippen molar-refractivity contribution < 1.29 is 14.0 Å². The second-order valence-corrected chi connectivity index (χ2v) is 5.76. The molecule has 2 rings (SSSR count). The van der Waals surface area contributed by atoms with Crippen molar-refractivity contribution in [1.82, 2.24) is 5.32 Å². The normalized spacial score (nSPS) is 21.7. The van der Waals surface area contributed by atoms with Gasteiger partial charge in [-0.2, -0.15) is 0 Å². The van der Waals surface area contributed by atoms with Gasteiger partial charge in [-0.15, -0.1) is 0 Å². The van der Waals surface area contributed by atoms with Gasteiger partial charge in [-0.05, 0) is 43.4 Å². The minimum Gasteiger partial charge on any atom is -0.345 e. The van der Waals surface area contributed by atoms with E-state index in [-0.39, 0.29) is 11.7 Å². The van der Waals surface area contributed by atoms with Gasteiger partial charge in [0.2, 0.25) is 0 Å². The number of rotatable bonds is 2. The van der Waals surface area contributed by atoms with Crippen LogP contribution >= 0.6 is 0 Å². The van der Waals surface area contributed by atoms with Crippen molar-refractivity contribution in [2.75, 3.05) is 5.32 Å². The lowest BCUT2D eigenvalue weighted by molar-refractivity contribution is -0.137. The van der Waals surface area contributed by atoms with Crippen LogP contribution < -0.4 is 10.6 Å². The highest BCUT2D eigenvalue weighted by molar-refractivity contribution is 6.39. The zero-order chi connectivity index (χ0) is 15.4. The Labute approximate surface area is 124 Å². The number of aryl methyl sites for hydroxylation is 1. The summed E-state index contributed by atoms with van der Waals surface area (Å²) < 4.78 is 13.4. The highest BCUT2D eigenvalue weighted by atomic mass is 19.1. The largest absolute Gasteiger partial charge is 0.345 e. The van der Waals surface area contributed by atoms with Gasteiger partial charge in [0.25, 0.3) is 0 Å². The van der Waals surface area contributed by atoms with Crippen LogP contribution in [0.25, 0.3) is 0 Å². The van der Waals surface area contributed by atoms with E-state index in [4.69, 9.17) is 0 Å². The lowest BCUT2D eigenvalue weighted by Gasteiger charge is -2.29. The van der Waals surface area contributed by atoms with Crippen molar-refractivity contribution in [1.29, 1.82) is 0 Å². The minimum absolute atomic E-state index is 0.0479. The smallest absolute Gasteiger partial charge is 0.313 e. The van der Waals surface area contributed by atoms with Crippen LogP contribution in [0, 0.1) is 18.7 Å². The van der Waals surface area contributed by atoms with Gasteiger partial charge < -0.3 is 10.6 Å². The first-order valence-corrected chi connectivity index (χ1v) is 7.35. The molecule has 1 aromatic rings. The molecule has 4 nitrogen and oxygen atoms in total. The maximum atomic E-state index is 13.4. The summed E-state index contributed by atoms with van der Waals surface area (Å²) >= 11 is 0. The third kappa shape index (κ3) is 4.03. The third-order valence-electron chi connectivity index (χ3n) is 4.06. The molecule has 21 heavy (non-hydrogen) atoms.